The first-order valence-corrected chi connectivity index (χ1v) is 9.56. The summed E-state index contributed by atoms with van der Waals surface area (Å²) < 4.78 is 14.8. The summed E-state index contributed by atoms with van der Waals surface area (Å²) in [6.45, 7) is 5.44. The maximum absolute atomic E-state index is 13.0. The van der Waals surface area contributed by atoms with Gasteiger partial charge in [0, 0.05) is 24.5 Å². The summed E-state index contributed by atoms with van der Waals surface area (Å²) in [7, 11) is 0. The van der Waals surface area contributed by atoms with Crippen molar-refractivity contribution in [2.24, 2.45) is 0 Å². The van der Waals surface area contributed by atoms with Crippen molar-refractivity contribution in [3.8, 4) is 0 Å². The van der Waals surface area contributed by atoms with Gasteiger partial charge < -0.3 is 15.5 Å². The summed E-state index contributed by atoms with van der Waals surface area (Å²) >= 11 is 0. The summed E-state index contributed by atoms with van der Waals surface area (Å²) in [4.78, 5) is 26.8. The van der Waals surface area contributed by atoms with Crippen molar-refractivity contribution in [1.29, 1.82) is 0 Å². The first kappa shape index (κ1) is 22.8. The molecule has 1 aliphatic rings. The van der Waals surface area contributed by atoms with Gasteiger partial charge in [-0.3, -0.25) is 14.3 Å². The van der Waals surface area contributed by atoms with Crippen molar-refractivity contribution in [2.75, 3.05) is 25.0 Å². The van der Waals surface area contributed by atoms with E-state index in [0.717, 1.165) is 25.9 Å². The van der Waals surface area contributed by atoms with E-state index >= 15 is 0 Å². The van der Waals surface area contributed by atoms with Crippen LogP contribution in [0.4, 0.5) is 10.1 Å². The quantitative estimate of drug-likeness (QED) is 0.748. The number of aromatic nitrogens is 2. The molecular weight excluding hydrogens is 397 g/mol. The minimum absolute atomic E-state index is 0. The molecule has 0 saturated carbocycles. The summed E-state index contributed by atoms with van der Waals surface area (Å²) in [5.41, 5.74) is 0.811. The maximum atomic E-state index is 13.0. The van der Waals surface area contributed by atoms with Gasteiger partial charge in [0.05, 0.1) is 6.04 Å². The standard InChI is InChI=1S/C20H26FN5O2.ClH/c1-14(2)25(13-19(27)23-16-7-5-15(21)6-8-16)20(28)18-9-11-26(24-18)17-4-3-10-22-12-17;/h5-9,11,14,17,22H,3-4,10,12-13H2,1-2H3,(H,23,27);1H. The second kappa shape index (κ2) is 10.4. The Labute approximate surface area is 176 Å². The fraction of sp³-hybridized carbons (Fsp3) is 0.450. The Bertz CT molecular complexity index is 819. The van der Waals surface area contributed by atoms with Gasteiger partial charge in [-0.1, -0.05) is 0 Å². The first-order valence-electron chi connectivity index (χ1n) is 9.56. The molecule has 1 fully saturated rings. The molecule has 1 atom stereocenters. The van der Waals surface area contributed by atoms with Crippen LogP contribution in [0.3, 0.4) is 0 Å². The minimum atomic E-state index is -0.374. The Morgan fingerprint density at radius 1 is 1.31 bits per heavy atom. The maximum Gasteiger partial charge on any atom is 0.275 e. The van der Waals surface area contributed by atoms with Crippen molar-refractivity contribution in [1.82, 2.24) is 20.0 Å². The van der Waals surface area contributed by atoms with E-state index in [2.05, 4.69) is 15.7 Å². The molecule has 7 nitrogen and oxygen atoms in total. The van der Waals surface area contributed by atoms with E-state index in [4.69, 9.17) is 0 Å². The average Bonchev–Trinajstić information content (AvgIpc) is 3.18. The van der Waals surface area contributed by atoms with Crippen LogP contribution >= 0.6 is 12.4 Å². The number of carbonyl (C=O) groups is 2. The van der Waals surface area contributed by atoms with Crippen molar-refractivity contribution in [3.63, 3.8) is 0 Å². The van der Waals surface area contributed by atoms with Crippen molar-refractivity contribution < 1.29 is 14.0 Å². The highest BCUT2D eigenvalue weighted by Crippen LogP contribution is 2.17. The Hall–Kier alpha value is -2.45. The van der Waals surface area contributed by atoms with Crippen molar-refractivity contribution in [2.45, 2.75) is 38.8 Å². The normalized spacial score (nSPS) is 16.2. The third kappa shape index (κ3) is 6.01. The zero-order chi connectivity index (χ0) is 20.1. The van der Waals surface area contributed by atoms with Crippen LogP contribution in [0, 0.1) is 5.82 Å². The lowest BCUT2D eigenvalue weighted by Crippen LogP contribution is -2.42. The molecule has 2 amide bonds. The Morgan fingerprint density at radius 2 is 2.03 bits per heavy atom. The number of rotatable bonds is 6. The number of nitrogens with one attached hydrogen (secondary N) is 2. The van der Waals surface area contributed by atoms with Crippen LogP contribution in [0.1, 0.15) is 43.2 Å². The zero-order valence-electron chi connectivity index (χ0n) is 16.6. The predicted molar refractivity (Wildman–Crippen MR) is 112 cm³/mol. The highest BCUT2D eigenvalue weighted by atomic mass is 35.5. The van der Waals surface area contributed by atoms with E-state index in [1.165, 1.54) is 29.2 Å². The Balaban J connectivity index is 0.00000300. The third-order valence-corrected chi connectivity index (χ3v) is 4.80. The number of anilines is 1. The smallest absolute Gasteiger partial charge is 0.275 e. The molecule has 0 aliphatic carbocycles. The molecule has 2 N–H and O–H groups in total. The summed E-state index contributed by atoms with van der Waals surface area (Å²) in [5, 5.41) is 10.5. The van der Waals surface area contributed by atoms with Gasteiger partial charge in [0.1, 0.15) is 18.1 Å². The van der Waals surface area contributed by atoms with Crippen molar-refractivity contribution in [3.05, 3.63) is 48.0 Å². The molecule has 1 saturated heterocycles. The van der Waals surface area contributed by atoms with Crippen LogP contribution in [0.5, 0.6) is 0 Å². The molecule has 0 bridgehead atoms. The van der Waals surface area contributed by atoms with Crippen LogP contribution in [-0.4, -0.2) is 52.2 Å². The molecule has 1 aliphatic heterocycles. The van der Waals surface area contributed by atoms with Crippen LogP contribution in [0.2, 0.25) is 0 Å². The fourth-order valence-electron chi connectivity index (χ4n) is 3.24. The highest BCUT2D eigenvalue weighted by Gasteiger charge is 2.25. The second-order valence-corrected chi connectivity index (χ2v) is 7.26. The SMILES string of the molecule is CC(C)N(CC(=O)Nc1ccc(F)cc1)C(=O)c1ccn(C2CCCNC2)n1.Cl. The molecule has 29 heavy (non-hydrogen) atoms. The van der Waals surface area contributed by atoms with Crippen molar-refractivity contribution >= 4 is 29.9 Å². The van der Waals surface area contributed by atoms with Gasteiger partial charge >= 0.3 is 0 Å². The van der Waals surface area contributed by atoms with Gasteiger partial charge in [0.25, 0.3) is 5.91 Å². The predicted octanol–water partition coefficient (Wildman–Crippen LogP) is 2.86. The van der Waals surface area contributed by atoms with E-state index < -0.39 is 0 Å². The van der Waals surface area contributed by atoms with Gasteiger partial charge in [-0.2, -0.15) is 5.10 Å². The molecule has 3 rings (SSSR count). The van der Waals surface area contributed by atoms with E-state index in [1.807, 2.05) is 24.7 Å². The number of nitrogens with zero attached hydrogens (tertiary/aromatic N) is 3. The number of carbonyl (C=O) groups excluding carboxylic acids is 2. The van der Waals surface area contributed by atoms with E-state index in [-0.39, 0.29) is 48.7 Å². The Morgan fingerprint density at radius 3 is 2.66 bits per heavy atom. The lowest BCUT2D eigenvalue weighted by atomic mass is 10.1. The molecule has 158 valence electrons. The number of halogens is 2. The molecule has 1 aromatic heterocycles. The second-order valence-electron chi connectivity index (χ2n) is 7.26. The summed E-state index contributed by atoms with van der Waals surface area (Å²) in [6.07, 6.45) is 3.92. The molecule has 1 unspecified atom stereocenters. The molecule has 2 heterocycles. The number of benzene rings is 1. The minimum Gasteiger partial charge on any atom is -0.326 e. The average molecular weight is 424 g/mol. The van der Waals surface area contributed by atoms with E-state index in [0.29, 0.717) is 11.4 Å². The number of piperidine rings is 1. The highest BCUT2D eigenvalue weighted by molar-refractivity contribution is 5.98. The fourth-order valence-corrected chi connectivity index (χ4v) is 3.24. The first-order chi connectivity index (χ1) is 13.4. The molecule has 2 aromatic rings. The van der Waals surface area contributed by atoms with Gasteiger partial charge in [0.15, 0.2) is 0 Å². The lowest BCUT2D eigenvalue weighted by molar-refractivity contribution is -0.117. The largest absolute Gasteiger partial charge is 0.326 e. The van der Waals surface area contributed by atoms with Crippen LogP contribution in [-0.2, 0) is 4.79 Å². The van der Waals surface area contributed by atoms with Gasteiger partial charge in [0.2, 0.25) is 5.91 Å². The monoisotopic (exact) mass is 423 g/mol. The van der Waals surface area contributed by atoms with Gasteiger partial charge in [-0.05, 0) is 63.6 Å². The number of amides is 2. The molecule has 1 aromatic carbocycles. The number of hydrogen-bond donors (Lipinski definition) is 2. The lowest BCUT2D eigenvalue weighted by Gasteiger charge is -2.26. The zero-order valence-corrected chi connectivity index (χ0v) is 17.4. The number of hydrogen-bond acceptors (Lipinski definition) is 4. The Kier molecular flexibility index (Phi) is 8.16. The van der Waals surface area contributed by atoms with E-state index in [9.17, 15) is 14.0 Å². The molecular formula is C20H27ClFN5O2. The van der Waals surface area contributed by atoms with Crippen LogP contribution in [0.15, 0.2) is 36.5 Å². The van der Waals surface area contributed by atoms with Crippen LogP contribution in [0.25, 0.3) is 0 Å². The van der Waals surface area contributed by atoms with Gasteiger partial charge in [-0.15, -0.1) is 12.4 Å². The topological polar surface area (TPSA) is 79.3 Å². The summed E-state index contributed by atoms with van der Waals surface area (Å²) in [6, 6.07) is 7.27. The third-order valence-electron chi connectivity index (χ3n) is 4.80. The molecule has 9 heteroatoms. The molecule has 0 radical (unpaired) electrons. The van der Waals surface area contributed by atoms with E-state index in [1.54, 1.807) is 6.07 Å². The van der Waals surface area contributed by atoms with Crippen LogP contribution < -0.4 is 10.6 Å². The summed E-state index contributed by atoms with van der Waals surface area (Å²) in [5.74, 6) is -1.00. The molecule has 0 spiro atoms. The van der Waals surface area contributed by atoms with Gasteiger partial charge in [-0.25, -0.2) is 4.39 Å².